The molecule has 22 heavy (non-hydrogen) atoms. The Bertz CT molecular complexity index is 792. The summed E-state index contributed by atoms with van der Waals surface area (Å²) >= 11 is 1.27. The fourth-order valence-corrected chi connectivity index (χ4v) is 2.86. The van der Waals surface area contributed by atoms with Crippen molar-refractivity contribution in [1.82, 2.24) is 4.98 Å². The highest BCUT2D eigenvalue weighted by Crippen LogP contribution is 2.24. The molecule has 0 fully saturated rings. The van der Waals surface area contributed by atoms with Crippen LogP contribution in [0.15, 0.2) is 23.1 Å². The smallest absolute Gasteiger partial charge is 0.340 e. The molecule has 6 heteroatoms. The summed E-state index contributed by atoms with van der Waals surface area (Å²) in [7, 11) is 1.29. The predicted molar refractivity (Wildman–Crippen MR) is 83.8 cm³/mol. The van der Waals surface area contributed by atoms with Gasteiger partial charge in [-0.3, -0.25) is 4.79 Å². The first-order chi connectivity index (χ1) is 10.5. The van der Waals surface area contributed by atoms with Gasteiger partial charge in [0.25, 0.3) is 0 Å². The number of nitriles is 1. The van der Waals surface area contributed by atoms with Gasteiger partial charge in [0.2, 0.25) is 5.78 Å². The van der Waals surface area contributed by atoms with Crippen molar-refractivity contribution < 1.29 is 14.3 Å². The topological polar surface area (TPSA) is 82.9 Å². The molecule has 0 unspecified atom stereocenters. The van der Waals surface area contributed by atoms with Gasteiger partial charge in [0.1, 0.15) is 11.6 Å². The van der Waals surface area contributed by atoms with Crippen LogP contribution in [0.2, 0.25) is 0 Å². The number of nitrogens with one attached hydrogen (secondary N) is 1. The molecule has 0 bridgehead atoms. The number of carbonyl (C=O) groups excluding carboxylic acids is 2. The third kappa shape index (κ3) is 2.85. The molecular formula is C16H14N2O3S. The summed E-state index contributed by atoms with van der Waals surface area (Å²) in [6.45, 7) is 3.51. The molecule has 0 aromatic carbocycles. The van der Waals surface area contributed by atoms with Gasteiger partial charge in [0, 0.05) is 17.0 Å². The molecule has 2 aromatic rings. The lowest BCUT2D eigenvalue weighted by Gasteiger charge is -2.02. The maximum Gasteiger partial charge on any atom is 0.340 e. The quantitative estimate of drug-likeness (QED) is 0.406. The van der Waals surface area contributed by atoms with Gasteiger partial charge in [-0.05, 0) is 31.4 Å². The number of H-pyrrole nitrogens is 1. The van der Waals surface area contributed by atoms with Crippen molar-refractivity contribution in [3.63, 3.8) is 0 Å². The van der Waals surface area contributed by atoms with Crippen LogP contribution in [0.25, 0.3) is 6.08 Å². The fraction of sp³-hybridized carbons (Fsp3) is 0.188. The van der Waals surface area contributed by atoms with Crippen LogP contribution in [-0.4, -0.2) is 23.8 Å². The number of Topliss-reactive ketones (excluding diaryl/α,β-unsaturated/α-hetero) is 1. The zero-order valence-electron chi connectivity index (χ0n) is 12.4. The predicted octanol–water partition coefficient (Wildman–Crippen LogP) is 3.27. The molecule has 0 amide bonds. The lowest BCUT2D eigenvalue weighted by atomic mass is 10.0. The molecule has 0 aliphatic rings. The number of esters is 1. The van der Waals surface area contributed by atoms with Crippen LogP contribution in [0, 0.1) is 25.2 Å². The van der Waals surface area contributed by atoms with E-state index in [4.69, 9.17) is 4.74 Å². The molecule has 1 N–H and O–H groups in total. The van der Waals surface area contributed by atoms with Crippen molar-refractivity contribution >= 4 is 29.2 Å². The van der Waals surface area contributed by atoms with E-state index in [2.05, 4.69) is 4.98 Å². The Morgan fingerprint density at radius 2 is 2.09 bits per heavy atom. The summed E-state index contributed by atoms with van der Waals surface area (Å²) in [6.07, 6.45) is 1.44. The van der Waals surface area contributed by atoms with E-state index in [1.165, 1.54) is 24.5 Å². The van der Waals surface area contributed by atoms with Gasteiger partial charge in [-0.2, -0.15) is 5.26 Å². The van der Waals surface area contributed by atoms with Crippen LogP contribution in [-0.2, 0) is 4.74 Å². The second-order valence-corrected chi connectivity index (χ2v) is 5.58. The number of ketones is 1. The largest absolute Gasteiger partial charge is 0.465 e. The molecule has 2 heterocycles. The van der Waals surface area contributed by atoms with Crippen LogP contribution in [0.4, 0.5) is 0 Å². The Kier molecular flexibility index (Phi) is 4.59. The number of hydrogen-bond acceptors (Lipinski definition) is 5. The van der Waals surface area contributed by atoms with Gasteiger partial charge in [-0.15, -0.1) is 11.3 Å². The first-order valence-electron chi connectivity index (χ1n) is 6.47. The third-order valence-electron chi connectivity index (χ3n) is 3.21. The number of aryl methyl sites for hydroxylation is 2. The van der Waals surface area contributed by atoms with Crippen LogP contribution in [0.3, 0.4) is 0 Å². The number of nitrogens with zero attached hydrogens (tertiary/aromatic N) is 1. The standard InChI is InChI=1S/C16H14N2O3S/c1-9-12(14(10(2)18-9)16(20)21-3)7-11(8-17)15(19)13-5-4-6-22-13/h4-7,18H,1-3H3/b11-7+. The highest BCUT2D eigenvalue weighted by molar-refractivity contribution is 7.12. The van der Waals surface area contributed by atoms with Crippen molar-refractivity contribution in [2.75, 3.05) is 7.11 Å². The molecular weight excluding hydrogens is 300 g/mol. The van der Waals surface area contributed by atoms with Gasteiger partial charge in [0.05, 0.1) is 17.6 Å². The number of rotatable bonds is 4. The van der Waals surface area contributed by atoms with Gasteiger partial charge >= 0.3 is 5.97 Å². The van der Waals surface area contributed by atoms with Crippen molar-refractivity contribution in [1.29, 1.82) is 5.26 Å². The van der Waals surface area contributed by atoms with E-state index in [9.17, 15) is 14.9 Å². The number of hydrogen-bond donors (Lipinski definition) is 1. The van der Waals surface area contributed by atoms with Crippen LogP contribution >= 0.6 is 11.3 Å². The molecule has 0 aliphatic carbocycles. The van der Waals surface area contributed by atoms with Gasteiger partial charge < -0.3 is 9.72 Å². The minimum Gasteiger partial charge on any atom is -0.465 e. The molecule has 0 radical (unpaired) electrons. The van der Waals surface area contributed by atoms with Gasteiger partial charge in [-0.1, -0.05) is 6.07 Å². The minimum atomic E-state index is -0.506. The Morgan fingerprint density at radius 3 is 2.64 bits per heavy atom. The second kappa shape index (κ2) is 6.41. The van der Waals surface area contributed by atoms with E-state index in [0.29, 0.717) is 27.4 Å². The van der Waals surface area contributed by atoms with E-state index in [1.54, 1.807) is 31.4 Å². The van der Waals surface area contributed by atoms with E-state index < -0.39 is 5.97 Å². The normalized spacial score (nSPS) is 11.1. The summed E-state index contributed by atoms with van der Waals surface area (Å²) in [6, 6.07) is 5.32. The SMILES string of the molecule is COC(=O)c1c(C)[nH]c(C)c1/C=C(\C#N)C(=O)c1cccs1. The summed E-state index contributed by atoms with van der Waals surface area (Å²) in [5.41, 5.74) is 2.16. The average Bonchev–Trinajstić information content (AvgIpc) is 3.12. The monoisotopic (exact) mass is 314 g/mol. The molecule has 0 spiro atoms. The third-order valence-corrected chi connectivity index (χ3v) is 4.08. The highest BCUT2D eigenvalue weighted by Gasteiger charge is 2.21. The van der Waals surface area contributed by atoms with Crippen molar-refractivity contribution in [2.45, 2.75) is 13.8 Å². The summed E-state index contributed by atoms with van der Waals surface area (Å²) in [5, 5.41) is 11.1. The minimum absolute atomic E-state index is 0.0188. The molecule has 5 nitrogen and oxygen atoms in total. The van der Waals surface area contributed by atoms with Crippen molar-refractivity contribution in [3.05, 3.63) is 50.5 Å². The summed E-state index contributed by atoms with van der Waals surface area (Å²) in [4.78, 5) is 27.7. The fourth-order valence-electron chi connectivity index (χ4n) is 2.18. The number of aromatic nitrogens is 1. The Morgan fingerprint density at radius 1 is 1.36 bits per heavy atom. The molecule has 0 saturated heterocycles. The van der Waals surface area contributed by atoms with Gasteiger partial charge in [-0.25, -0.2) is 4.79 Å². The maximum absolute atomic E-state index is 12.3. The van der Waals surface area contributed by atoms with Crippen molar-refractivity contribution in [2.24, 2.45) is 0 Å². The zero-order chi connectivity index (χ0) is 16.3. The van der Waals surface area contributed by atoms with E-state index in [0.717, 1.165) is 0 Å². The zero-order valence-corrected chi connectivity index (χ0v) is 13.2. The van der Waals surface area contributed by atoms with Crippen LogP contribution < -0.4 is 0 Å². The number of thiophene rings is 1. The number of allylic oxidation sites excluding steroid dienone is 1. The molecule has 0 aliphatic heterocycles. The molecule has 0 saturated carbocycles. The summed E-state index contributed by atoms with van der Waals surface area (Å²) < 4.78 is 4.77. The van der Waals surface area contributed by atoms with Crippen LogP contribution in [0.1, 0.15) is 37.0 Å². The van der Waals surface area contributed by atoms with Crippen molar-refractivity contribution in [3.8, 4) is 6.07 Å². The molecule has 2 aromatic heterocycles. The molecule has 0 atom stereocenters. The maximum atomic E-state index is 12.3. The lowest BCUT2D eigenvalue weighted by Crippen LogP contribution is -2.05. The first kappa shape index (κ1) is 15.7. The average molecular weight is 314 g/mol. The first-order valence-corrected chi connectivity index (χ1v) is 7.35. The molecule has 2 rings (SSSR count). The number of methoxy groups -OCH3 is 1. The number of aromatic amines is 1. The van der Waals surface area contributed by atoms with E-state index >= 15 is 0 Å². The van der Waals surface area contributed by atoms with E-state index in [-0.39, 0.29) is 11.4 Å². The van der Waals surface area contributed by atoms with E-state index in [1.807, 2.05) is 6.07 Å². The molecule has 112 valence electrons. The Hall–Kier alpha value is -2.65. The number of carbonyl (C=O) groups is 2. The highest BCUT2D eigenvalue weighted by atomic mass is 32.1. The lowest BCUT2D eigenvalue weighted by molar-refractivity contribution is 0.0599. The van der Waals surface area contributed by atoms with Gasteiger partial charge in [0.15, 0.2) is 0 Å². The Labute approximate surface area is 131 Å². The Balaban J connectivity index is 2.54. The number of ether oxygens (including phenoxy) is 1. The summed E-state index contributed by atoms with van der Waals surface area (Å²) in [5.74, 6) is -0.861. The van der Waals surface area contributed by atoms with Crippen LogP contribution in [0.5, 0.6) is 0 Å². The second-order valence-electron chi connectivity index (χ2n) is 4.63.